The van der Waals surface area contributed by atoms with Crippen molar-refractivity contribution < 1.29 is 33.8 Å². The number of hydrogen-bond donors (Lipinski definition) is 2. The number of fused-ring (bicyclic) bond motifs is 1. The lowest BCUT2D eigenvalue weighted by molar-refractivity contribution is -0.150. The van der Waals surface area contributed by atoms with Gasteiger partial charge in [0.25, 0.3) is 11.8 Å². The lowest BCUT2D eigenvalue weighted by Crippen LogP contribution is -2.70. The molecule has 1 unspecified atom stereocenters. The van der Waals surface area contributed by atoms with E-state index in [-0.39, 0.29) is 28.1 Å². The average molecular weight is 501 g/mol. The molecule has 0 saturated carbocycles. The molecule has 2 aliphatic rings. The molecule has 0 aromatic heterocycles. The number of nitrogens with zero attached hydrogens (tertiary/aromatic N) is 1. The zero-order valence-electron chi connectivity index (χ0n) is 16.9. The second-order valence-corrected chi connectivity index (χ2v) is 8.82. The Morgan fingerprint density at radius 2 is 1.91 bits per heavy atom. The van der Waals surface area contributed by atoms with Crippen LogP contribution >= 0.6 is 35.0 Å². The van der Waals surface area contributed by atoms with Gasteiger partial charge in [-0.25, -0.2) is 4.79 Å². The number of carboxylic acids is 1. The summed E-state index contributed by atoms with van der Waals surface area (Å²) in [5.74, 6) is -2.38. The number of methoxy groups -OCH3 is 1. The maximum absolute atomic E-state index is 12.9. The van der Waals surface area contributed by atoms with Gasteiger partial charge in [-0.2, -0.15) is 0 Å². The number of rotatable bonds is 7. The van der Waals surface area contributed by atoms with E-state index in [1.165, 1.54) is 25.8 Å². The maximum atomic E-state index is 12.9. The molecule has 32 heavy (non-hydrogen) atoms. The van der Waals surface area contributed by atoms with Crippen LogP contribution in [0.1, 0.15) is 12.5 Å². The predicted octanol–water partition coefficient (Wildman–Crippen LogP) is 2.14. The molecule has 2 heterocycles. The molecule has 12 heteroatoms. The first-order valence-electron chi connectivity index (χ1n) is 9.19. The fourth-order valence-corrected chi connectivity index (χ4v) is 5.00. The molecular weight excluding hydrogens is 483 g/mol. The Morgan fingerprint density at radius 3 is 2.44 bits per heavy atom. The van der Waals surface area contributed by atoms with Crippen molar-refractivity contribution >= 4 is 64.3 Å². The van der Waals surface area contributed by atoms with Crippen LogP contribution in [0.5, 0.6) is 5.75 Å². The molecule has 1 aromatic carbocycles. The highest BCUT2D eigenvalue weighted by Crippen LogP contribution is 2.40. The molecule has 0 aliphatic carbocycles. The first-order chi connectivity index (χ1) is 15.1. The zero-order valence-corrected chi connectivity index (χ0v) is 19.2. The number of amides is 2. The van der Waals surface area contributed by atoms with Crippen LogP contribution in [0.4, 0.5) is 0 Å². The van der Waals surface area contributed by atoms with E-state index in [9.17, 15) is 24.3 Å². The number of carbonyl (C=O) groups excluding carboxylic acids is 3. The highest BCUT2D eigenvalue weighted by molar-refractivity contribution is 8.00. The quantitative estimate of drug-likeness (QED) is 0.331. The van der Waals surface area contributed by atoms with Gasteiger partial charge in [-0.15, -0.1) is 11.8 Å². The van der Waals surface area contributed by atoms with E-state index < -0.39 is 35.2 Å². The summed E-state index contributed by atoms with van der Waals surface area (Å²) in [4.78, 5) is 49.5. The monoisotopic (exact) mass is 500 g/mol. The summed E-state index contributed by atoms with van der Waals surface area (Å²) in [6, 6.07) is 5.46. The number of ether oxygens (including phenoxy) is 2. The number of thioether (sulfide) groups is 1. The largest absolute Gasteiger partial charge is 0.497 e. The summed E-state index contributed by atoms with van der Waals surface area (Å²) in [5.41, 5.74) is 0.437. The Morgan fingerprint density at radius 1 is 1.25 bits per heavy atom. The van der Waals surface area contributed by atoms with Gasteiger partial charge in [0.2, 0.25) is 0 Å². The van der Waals surface area contributed by atoms with Crippen LogP contribution in [-0.2, 0) is 23.9 Å². The Kier molecular flexibility index (Phi) is 7.37. The number of carboxylic acid groups (broad SMARTS) is 1. The van der Waals surface area contributed by atoms with Gasteiger partial charge in [0.15, 0.2) is 0 Å². The Labute approximate surface area is 197 Å². The lowest BCUT2D eigenvalue weighted by Gasteiger charge is -2.49. The molecular formula is C20H18Cl2N2O7S. The third-order valence-corrected chi connectivity index (χ3v) is 6.50. The van der Waals surface area contributed by atoms with E-state index in [0.29, 0.717) is 16.9 Å². The van der Waals surface area contributed by atoms with Crippen molar-refractivity contribution in [2.45, 2.75) is 18.3 Å². The van der Waals surface area contributed by atoms with Crippen LogP contribution in [0.15, 0.2) is 40.0 Å². The van der Waals surface area contributed by atoms with Crippen molar-refractivity contribution in [3.63, 3.8) is 0 Å². The van der Waals surface area contributed by atoms with E-state index in [4.69, 9.17) is 32.7 Å². The van der Waals surface area contributed by atoms with Crippen molar-refractivity contribution in [1.29, 1.82) is 0 Å². The van der Waals surface area contributed by atoms with Gasteiger partial charge < -0.3 is 19.9 Å². The molecule has 170 valence electrons. The van der Waals surface area contributed by atoms with Crippen LogP contribution in [0.2, 0.25) is 0 Å². The van der Waals surface area contributed by atoms with Gasteiger partial charge in [0.1, 0.15) is 34.0 Å². The van der Waals surface area contributed by atoms with Gasteiger partial charge in [-0.1, -0.05) is 35.3 Å². The molecule has 1 aromatic rings. The minimum absolute atomic E-state index is 0.0346. The third kappa shape index (κ3) is 4.72. The average Bonchev–Trinajstić information content (AvgIpc) is 2.75. The molecule has 1 fully saturated rings. The summed E-state index contributed by atoms with van der Waals surface area (Å²) in [5, 5.41) is 11.5. The molecule has 2 N–H and O–H groups in total. The predicted molar refractivity (Wildman–Crippen MR) is 118 cm³/mol. The number of halogens is 2. The number of benzene rings is 1. The van der Waals surface area contributed by atoms with Crippen LogP contribution in [0, 0.1) is 0 Å². The van der Waals surface area contributed by atoms with E-state index >= 15 is 0 Å². The molecule has 0 bridgehead atoms. The first-order valence-corrected chi connectivity index (χ1v) is 11.0. The van der Waals surface area contributed by atoms with Gasteiger partial charge in [-0.05, 0) is 17.7 Å². The summed E-state index contributed by atoms with van der Waals surface area (Å²) in [7, 11) is 1.50. The highest BCUT2D eigenvalue weighted by atomic mass is 35.5. The SMILES string of the molecule is COc1ccc(C(C(=O)NC2C(=O)N3C(C(=O)O)=C(COC(C)=O)CS[C@H]23)=C(Cl)Cl)cc1. The molecule has 0 spiro atoms. The van der Waals surface area contributed by atoms with Crippen molar-refractivity contribution in [2.24, 2.45) is 0 Å². The maximum Gasteiger partial charge on any atom is 0.352 e. The lowest BCUT2D eigenvalue weighted by atomic mass is 10.0. The fourth-order valence-electron chi connectivity index (χ4n) is 3.28. The second kappa shape index (κ2) is 9.85. The van der Waals surface area contributed by atoms with Crippen molar-refractivity contribution in [1.82, 2.24) is 10.2 Å². The van der Waals surface area contributed by atoms with E-state index in [1.807, 2.05) is 0 Å². The summed E-state index contributed by atoms with van der Waals surface area (Å²) >= 11 is 13.1. The number of nitrogens with one attached hydrogen (secondary N) is 1. The van der Waals surface area contributed by atoms with E-state index in [1.54, 1.807) is 24.3 Å². The molecule has 2 aliphatic heterocycles. The van der Waals surface area contributed by atoms with Gasteiger partial charge >= 0.3 is 11.9 Å². The van der Waals surface area contributed by atoms with Gasteiger partial charge in [0.05, 0.1) is 12.7 Å². The van der Waals surface area contributed by atoms with E-state index in [0.717, 1.165) is 4.90 Å². The second-order valence-electron chi connectivity index (χ2n) is 6.76. The van der Waals surface area contributed by atoms with Gasteiger partial charge in [0, 0.05) is 18.2 Å². The molecule has 2 amide bonds. The van der Waals surface area contributed by atoms with E-state index in [2.05, 4.69) is 5.32 Å². The molecule has 9 nitrogen and oxygen atoms in total. The summed E-state index contributed by atoms with van der Waals surface area (Å²) in [6.45, 7) is 0.972. The normalized spacial score (nSPS) is 19.5. The molecule has 2 atom stereocenters. The molecule has 3 rings (SSSR count). The molecule has 1 saturated heterocycles. The number of β-lactam (4-membered cyclic amide) rings is 1. The van der Waals surface area contributed by atoms with Gasteiger partial charge in [-0.3, -0.25) is 19.3 Å². The number of hydrogen-bond acceptors (Lipinski definition) is 7. The number of carbonyl (C=O) groups is 4. The zero-order chi connectivity index (χ0) is 23.6. The van der Waals surface area contributed by atoms with Crippen LogP contribution in [0.25, 0.3) is 5.57 Å². The third-order valence-electron chi connectivity index (χ3n) is 4.78. The smallest absolute Gasteiger partial charge is 0.352 e. The number of esters is 1. The van der Waals surface area contributed by atoms with Crippen LogP contribution < -0.4 is 10.1 Å². The minimum atomic E-state index is -1.32. The first kappa shape index (κ1) is 24.0. The van der Waals surface area contributed by atoms with Crippen LogP contribution in [0.3, 0.4) is 0 Å². The fraction of sp³-hybridized carbons (Fsp3) is 0.300. The van der Waals surface area contributed by atoms with Crippen molar-refractivity contribution in [2.75, 3.05) is 19.5 Å². The highest BCUT2D eigenvalue weighted by Gasteiger charge is 2.54. The topological polar surface area (TPSA) is 122 Å². The summed E-state index contributed by atoms with van der Waals surface area (Å²) in [6.07, 6.45) is 0. The molecule has 0 radical (unpaired) electrons. The Bertz CT molecular complexity index is 1030. The number of aliphatic carboxylic acids is 1. The van der Waals surface area contributed by atoms with Crippen molar-refractivity contribution in [3.05, 3.63) is 45.6 Å². The summed E-state index contributed by atoms with van der Waals surface area (Å²) < 4.78 is 9.69. The standard InChI is InChI=1S/C20H18Cl2N2O7S/c1-9(25)31-7-11-8-32-19-14(18(27)24(19)15(11)20(28)29)23-17(26)13(16(21)22)10-3-5-12(30-2)6-4-10/h3-6,14,19H,7-8H2,1-2H3,(H,23,26)(H,28,29)/t14?,19-/m1/s1. The van der Waals surface area contributed by atoms with Crippen molar-refractivity contribution in [3.8, 4) is 5.75 Å². The Hall–Kier alpha value is -2.69. The van der Waals surface area contributed by atoms with Crippen LogP contribution in [-0.4, -0.2) is 64.6 Å². The Balaban J connectivity index is 1.79. The minimum Gasteiger partial charge on any atom is -0.497 e.